The van der Waals surface area contributed by atoms with Gasteiger partial charge in [-0.1, -0.05) is 0 Å². The van der Waals surface area contributed by atoms with E-state index < -0.39 is 0 Å². The first kappa shape index (κ1) is 24.6. The molecule has 0 radical (unpaired) electrons. The number of piperazine rings is 1. The molecule has 0 unspecified atom stereocenters. The van der Waals surface area contributed by atoms with E-state index in [0.717, 1.165) is 5.56 Å². The van der Waals surface area contributed by atoms with Gasteiger partial charge >= 0.3 is 5.97 Å². The van der Waals surface area contributed by atoms with E-state index >= 15 is 0 Å². The van der Waals surface area contributed by atoms with Crippen LogP contribution >= 0.6 is 12.4 Å². The van der Waals surface area contributed by atoms with Gasteiger partial charge in [0.15, 0.2) is 11.5 Å². The minimum Gasteiger partial charge on any atom is -0.493 e. The van der Waals surface area contributed by atoms with E-state index in [4.69, 9.17) is 18.9 Å². The van der Waals surface area contributed by atoms with Crippen LogP contribution in [0.15, 0.2) is 18.2 Å². The Morgan fingerprint density at radius 1 is 1.00 bits per heavy atom. The van der Waals surface area contributed by atoms with Crippen LogP contribution in [-0.4, -0.2) is 82.3 Å². The number of methoxy groups -OCH3 is 3. The Labute approximate surface area is 177 Å². The number of esters is 1. The van der Waals surface area contributed by atoms with Gasteiger partial charge in [-0.3, -0.25) is 14.5 Å². The Morgan fingerprint density at radius 3 is 2.07 bits per heavy atom. The van der Waals surface area contributed by atoms with Gasteiger partial charge in [-0.15, -0.1) is 12.4 Å². The zero-order valence-electron chi connectivity index (χ0n) is 17.3. The van der Waals surface area contributed by atoms with E-state index in [2.05, 4.69) is 0 Å². The van der Waals surface area contributed by atoms with Gasteiger partial charge < -0.3 is 23.8 Å². The van der Waals surface area contributed by atoms with Crippen molar-refractivity contribution in [3.63, 3.8) is 0 Å². The Hall–Kier alpha value is -2.45. The van der Waals surface area contributed by atoms with Crippen LogP contribution in [0.1, 0.15) is 12.5 Å². The molecule has 0 bridgehead atoms. The summed E-state index contributed by atoms with van der Waals surface area (Å²) in [6.45, 7) is 4.84. The molecule has 1 aliphatic rings. The number of carbonyl (C=O) groups excluding carboxylic acids is 2. The molecule has 0 N–H and O–H groups in total. The average Bonchev–Trinajstić information content (AvgIpc) is 2.71. The molecule has 29 heavy (non-hydrogen) atoms. The van der Waals surface area contributed by atoms with Crippen LogP contribution in [0.4, 0.5) is 0 Å². The summed E-state index contributed by atoms with van der Waals surface area (Å²) in [6, 6.07) is 3.56. The maximum atomic E-state index is 12.5. The number of benzene rings is 1. The Bertz CT molecular complexity index is 692. The first-order chi connectivity index (χ1) is 13.5. The fourth-order valence-corrected chi connectivity index (χ4v) is 2.99. The summed E-state index contributed by atoms with van der Waals surface area (Å²) in [5.74, 6) is 1.25. The van der Waals surface area contributed by atoms with Crippen LogP contribution < -0.4 is 14.2 Å². The lowest BCUT2D eigenvalue weighted by Crippen LogP contribution is -2.49. The monoisotopic (exact) mass is 428 g/mol. The maximum Gasteiger partial charge on any atom is 0.320 e. The van der Waals surface area contributed by atoms with Crippen molar-refractivity contribution in [3.8, 4) is 17.2 Å². The van der Waals surface area contributed by atoms with Gasteiger partial charge in [-0.25, -0.2) is 0 Å². The second-order valence-corrected chi connectivity index (χ2v) is 6.20. The summed E-state index contributed by atoms with van der Waals surface area (Å²) in [5, 5.41) is 0. The number of amides is 1. The van der Waals surface area contributed by atoms with Crippen molar-refractivity contribution in [3.05, 3.63) is 23.8 Å². The molecule has 8 nitrogen and oxygen atoms in total. The molecular weight excluding hydrogens is 400 g/mol. The Balaban J connectivity index is 0.00000420. The second-order valence-electron chi connectivity index (χ2n) is 6.20. The smallest absolute Gasteiger partial charge is 0.320 e. The topological polar surface area (TPSA) is 77.5 Å². The van der Waals surface area contributed by atoms with Gasteiger partial charge in [0.1, 0.15) is 0 Å². The van der Waals surface area contributed by atoms with Crippen LogP contribution in [-0.2, 0) is 14.3 Å². The van der Waals surface area contributed by atoms with Crippen molar-refractivity contribution < 1.29 is 28.5 Å². The summed E-state index contributed by atoms with van der Waals surface area (Å²) in [4.78, 5) is 27.8. The van der Waals surface area contributed by atoms with Gasteiger partial charge in [0.25, 0.3) is 0 Å². The van der Waals surface area contributed by atoms with E-state index in [9.17, 15) is 9.59 Å². The SMILES string of the molecule is CCOC(=O)CN1CCN(C(=O)C=Cc2cc(OC)c(OC)c(OC)c2)CC1.Cl. The fourth-order valence-electron chi connectivity index (χ4n) is 2.99. The van der Waals surface area contributed by atoms with Gasteiger partial charge in [-0.05, 0) is 30.7 Å². The zero-order valence-corrected chi connectivity index (χ0v) is 18.1. The second kappa shape index (κ2) is 12.2. The third kappa shape index (κ3) is 6.83. The molecule has 1 heterocycles. The molecule has 1 fully saturated rings. The number of ether oxygens (including phenoxy) is 4. The fraction of sp³-hybridized carbons (Fsp3) is 0.500. The van der Waals surface area contributed by atoms with Gasteiger partial charge in [-0.2, -0.15) is 0 Å². The molecule has 0 spiro atoms. The predicted molar refractivity (Wildman–Crippen MR) is 112 cm³/mol. The number of rotatable bonds is 8. The van der Waals surface area contributed by atoms with Crippen LogP contribution in [0, 0.1) is 0 Å². The minimum absolute atomic E-state index is 0. The molecule has 1 saturated heterocycles. The summed E-state index contributed by atoms with van der Waals surface area (Å²) in [6.07, 6.45) is 3.25. The van der Waals surface area contributed by atoms with Crippen molar-refractivity contribution in [2.75, 3.05) is 60.7 Å². The molecule has 162 valence electrons. The lowest BCUT2D eigenvalue weighted by atomic mass is 10.1. The number of nitrogens with zero attached hydrogens (tertiary/aromatic N) is 2. The predicted octanol–water partition coefficient (Wildman–Crippen LogP) is 1.85. The van der Waals surface area contributed by atoms with E-state index in [1.807, 2.05) is 4.90 Å². The average molecular weight is 429 g/mol. The molecule has 1 aromatic rings. The summed E-state index contributed by atoms with van der Waals surface area (Å²) in [7, 11) is 4.64. The van der Waals surface area contributed by atoms with Crippen LogP contribution in [0.3, 0.4) is 0 Å². The Morgan fingerprint density at radius 2 is 1.59 bits per heavy atom. The first-order valence-corrected chi connectivity index (χ1v) is 9.17. The van der Waals surface area contributed by atoms with Crippen LogP contribution in [0.25, 0.3) is 6.08 Å². The van der Waals surface area contributed by atoms with E-state index in [1.54, 1.807) is 51.4 Å². The summed E-state index contributed by atoms with van der Waals surface area (Å²) < 4.78 is 20.9. The standard InChI is InChI=1S/C20H28N2O6.ClH/c1-5-28-19(24)14-21-8-10-22(11-9-21)18(23)7-6-15-12-16(25-2)20(27-4)17(13-15)26-3;/h6-7,12-13H,5,8-11,14H2,1-4H3;1H. The highest BCUT2D eigenvalue weighted by atomic mass is 35.5. The molecule has 0 aromatic heterocycles. The van der Waals surface area contributed by atoms with Crippen LogP contribution in [0.5, 0.6) is 17.2 Å². The zero-order chi connectivity index (χ0) is 20.5. The molecule has 1 aromatic carbocycles. The number of carbonyl (C=O) groups is 2. The first-order valence-electron chi connectivity index (χ1n) is 9.17. The number of halogens is 1. The molecule has 2 rings (SSSR count). The van der Waals surface area contributed by atoms with Crippen molar-refractivity contribution in [1.29, 1.82) is 0 Å². The molecule has 0 aliphatic carbocycles. The lowest BCUT2D eigenvalue weighted by Gasteiger charge is -2.33. The largest absolute Gasteiger partial charge is 0.493 e. The number of hydrogen-bond acceptors (Lipinski definition) is 7. The van der Waals surface area contributed by atoms with E-state index in [1.165, 1.54) is 6.08 Å². The van der Waals surface area contributed by atoms with Crippen LogP contribution in [0.2, 0.25) is 0 Å². The molecule has 0 saturated carbocycles. The highest BCUT2D eigenvalue weighted by molar-refractivity contribution is 5.92. The summed E-state index contributed by atoms with van der Waals surface area (Å²) in [5.41, 5.74) is 0.767. The molecule has 1 amide bonds. The van der Waals surface area contributed by atoms with E-state index in [0.29, 0.717) is 50.0 Å². The van der Waals surface area contributed by atoms with Gasteiger partial charge in [0.05, 0.1) is 34.5 Å². The maximum absolute atomic E-state index is 12.5. The van der Waals surface area contributed by atoms with Crippen molar-refractivity contribution in [2.24, 2.45) is 0 Å². The van der Waals surface area contributed by atoms with Crippen molar-refractivity contribution in [2.45, 2.75) is 6.92 Å². The highest BCUT2D eigenvalue weighted by Gasteiger charge is 2.21. The quantitative estimate of drug-likeness (QED) is 0.462. The normalized spacial score (nSPS) is 14.3. The highest BCUT2D eigenvalue weighted by Crippen LogP contribution is 2.38. The molecule has 9 heteroatoms. The minimum atomic E-state index is -0.232. The molecule has 1 aliphatic heterocycles. The third-order valence-corrected chi connectivity index (χ3v) is 4.45. The Kier molecular flexibility index (Phi) is 10.3. The van der Waals surface area contributed by atoms with Crippen molar-refractivity contribution in [1.82, 2.24) is 9.80 Å². The molecular formula is C20H29ClN2O6. The van der Waals surface area contributed by atoms with Crippen molar-refractivity contribution >= 4 is 30.4 Å². The third-order valence-electron chi connectivity index (χ3n) is 4.45. The molecule has 0 atom stereocenters. The lowest BCUT2D eigenvalue weighted by molar-refractivity contribution is -0.145. The summed E-state index contributed by atoms with van der Waals surface area (Å²) >= 11 is 0. The number of hydrogen-bond donors (Lipinski definition) is 0. The van der Waals surface area contributed by atoms with E-state index in [-0.39, 0.29) is 30.8 Å². The van der Waals surface area contributed by atoms with Gasteiger partial charge in [0, 0.05) is 32.3 Å². The van der Waals surface area contributed by atoms with Gasteiger partial charge in [0.2, 0.25) is 11.7 Å².